The van der Waals surface area contributed by atoms with Crippen LogP contribution in [0.4, 0.5) is 0 Å². The zero-order valence-electron chi connectivity index (χ0n) is 29.6. The van der Waals surface area contributed by atoms with E-state index in [9.17, 15) is 10.5 Å². The lowest BCUT2D eigenvalue weighted by Gasteiger charge is -2.39. The third-order valence-corrected chi connectivity index (χ3v) is 11.7. The molecule has 1 spiro atoms. The highest BCUT2D eigenvalue weighted by molar-refractivity contribution is 6.12. The van der Waals surface area contributed by atoms with Gasteiger partial charge in [-0.05, 0) is 96.1 Å². The molecule has 0 saturated carbocycles. The molecule has 7 nitrogen and oxygen atoms in total. The standard InChI is InChI=1S/C49H26N6O/c50-27-29-13-18-42-34(23-29)33-7-1-3-11-41(33)54(42)31-16-20-44-36(25-31)35-24-30(28-51)14-19-43(35)55(44)32-15-17-38-46(26-32)56-45-12-4-2-8-37(45)49(38)39-9-5-21-52-47(39)48-40(49)10-6-22-53-48/h1-26H. The van der Waals surface area contributed by atoms with E-state index < -0.39 is 5.41 Å². The van der Waals surface area contributed by atoms with Crippen LogP contribution in [-0.4, -0.2) is 19.1 Å². The maximum Gasteiger partial charge on any atom is 0.134 e. The molecule has 0 fully saturated rings. The average Bonchev–Trinajstić information content (AvgIpc) is 3.87. The van der Waals surface area contributed by atoms with Gasteiger partial charge < -0.3 is 13.9 Å². The first-order valence-electron chi connectivity index (χ1n) is 18.4. The number of pyridine rings is 2. The molecule has 2 aliphatic rings. The summed E-state index contributed by atoms with van der Waals surface area (Å²) < 4.78 is 11.4. The van der Waals surface area contributed by atoms with Crippen molar-refractivity contribution in [3.05, 3.63) is 191 Å². The summed E-state index contributed by atoms with van der Waals surface area (Å²) in [7, 11) is 0. The van der Waals surface area contributed by atoms with Crippen molar-refractivity contribution in [3.63, 3.8) is 0 Å². The fraction of sp³-hybridized carbons (Fsp3) is 0.0204. The molecular weight excluding hydrogens is 689 g/mol. The minimum absolute atomic E-state index is 0.593. The smallest absolute Gasteiger partial charge is 0.134 e. The van der Waals surface area contributed by atoms with Crippen molar-refractivity contribution >= 4 is 43.6 Å². The van der Waals surface area contributed by atoms with Gasteiger partial charge in [-0.2, -0.15) is 10.5 Å². The minimum atomic E-state index is -0.663. The molecule has 1 aliphatic heterocycles. The van der Waals surface area contributed by atoms with Gasteiger partial charge >= 0.3 is 0 Å². The minimum Gasteiger partial charge on any atom is -0.457 e. The maximum absolute atomic E-state index is 10.0. The van der Waals surface area contributed by atoms with Crippen molar-refractivity contribution in [2.45, 2.75) is 5.41 Å². The largest absolute Gasteiger partial charge is 0.457 e. The van der Waals surface area contributed by atoms with Crippen LogP contribution < -0.4 is 4.74 Å². The first kappa shape index (κ1) is 30.5. The van der Waals surface area contributed by atoms with Crippen molar-refractivity contribution in [1.29, 1.82) is 10.5 Å². The van der Waals surface area contributed by atoms with Gasteiger partial charge in [0.2, 0.25) is 0 Å². The molecule has 56 heavy (non-hydrogen) atoms. The SMILES string of the molecule is N#Cc1ccc2c(c1)c1ccccc1n2-c1ccc2c(c1)c1cc(C#N)ccc1n2-c1ccc2c(c1)Oc1ccccc1C21c2cccnc2-c2ncccc21. The first-order chi connectivity index (χ1) is 27.7. The van der Waals surface area contributed by atoms with Gasteiger partial charge in [0.15, 0.2) is 0 Å². The van der Waals surface area contributed by atoms with Gasteiger partial charge in [-0.25, -0.2) is 0 Å². The molecule has 0 saturated heterocycles. The molecule has 12 rings (SSSR count). The number of nitrogens with zero attached hydrogens (tertiary/aromatic N) is 6. The Bertz CT molecular complexity index is 3400. The lowest BCUT2D eigenvalue weighted by atomic mass is 9.66. The van der Waals surface area contributed by atoms with Crippen molar-refractivity contribution < 1.29 is 4.74 Å². The molecule has 6 aromatic carbocycles. The predicted octanol–water partition coefficient (Wildman–Crippen LogP) is 10.9. The zero-order valence-corrected chi connectivity index (χ0v) is 29.6. The van der Waals surface area contributed by atoms with Crippen molar-refractivity contribution in [3.8, 4) is 46.4 Å². The molecule has 0 N–H and O–H groups in total. The number of rotatable bonds is 2. The number of para-hydroxylation sites is 2. The third kappa shape index (κ3) is 3.83. The fourth-order valence-corrected chi connectivity index (χ4v) is 9.51. The van der Waals surface area contributed by atoms with E-state index in [0.717, 1.165) is 100 Å². The highest BCUT2D eigenvalue weighted by Gasteiger charge is 2.52. The van der Waals surface area contributed by atoms with E-state index in [4.69, 9.17) is 14.7 Å². The van der Waals surface area contributed by atoms with Crippen molar-refractivity contribution in [2.75, 3.05) is 0 Å². The molecule has 0 amide bonds. The Morgan fingerprint density at radius 3 is 1.66 bits per heavy atom. The molecule has 0 bridgehead atoms. The van der Waals surface area contributed by atoms with Crippen LogP contribution in [0.5, 0.6) is 11.5 Å². The summed E-state index contributed by atoms with van der Waals surface area (Å²) in [5, 5.41) is 23.8. The third-order valence-electron chi connectivity index (χ3n) is 11.7. The second-order valence-electron chi connectivity index (χ2n) is 14.4. The van der Waals surface area contributed by atoms with E-state index in [1.165, 1.54) is 0 Å². The maximum atomic E-state index is 10.0. The highest BCUT2D eigenvalue weighted by Crippen LogP contribution is 2.61. The van der Waals surface area contributed by atoms with Crippen LogP contribution in [0.3, 0.4) is 0 Å². The molecule has 0 atom stereocenters. The topological polar surface area (TPSA) is 92.5 Å². The van der Waals surface area contributed by atoms with Crippen molar-refractivity contribution in [1.82, 2.24) is 19.1 Å². The number of aromatic nitrogens is 4. The van der Waals surface area contributed by atoms with Gasteiger partial charge in [-0.15, -0.1) is 0 Å². The van der Waals surface area contributed by atoms with Crippen molar-refractivity contribution in [2.24, 2.45) is 0 Å². The van der Waals surface area contributed by atoms with Gasteiger partial charge in [0, 0.05) is 62.5 Å². The van der Waals surface area contributed by atoms with Crippen LogP contribution >= 0.6 is 0 Å². The van der Waals surface area contributed by atoms with E-state index in [1.54, 1.807) is 0 Å². The van der Waals surface area contributed by atoms with Gasteiger partial charge in [-0.3, -0.25) is 9.97 Å². The van der Waals surface area contributed by atoms with Crippen LogP contribution in [-0.2, 0) is 5.41 Å². The second kappa shape index (κ2) is 11.0. The molecule has 0 unspecified atom stereocenters. The van der Waals surface area contributed by atoms with Crippen LogP contribution in [0.1, 0.15) is 33.4 Å². The Morgan fingerprint density at radius 2 is 0.964 bits per heavy atom. The summed E-state index contributed by atoms with van der Waals surface area (Å²) in [4.78, 5) is 9.72. The number of hydrogen-bond donors (Lipinski definition) is 0. The summed E-state index contributed by atoms with van der Waals surface area (Å²) in [6.45, 7) is 0. The molecule has 4 aromatic heterocycles. The van der Waals surface area contributed by atoms with Gasteiger partial charge in [0.1, 0.15) is 11.5 Å². The summed E-state index contributed by atoms with van der Waals surface area (Å²) in [6.07, 6.45) is 3.67. The molecule has 10 aromatic rings. The molecule has 7 heteroatoms. The number of benzene rings is 6. The Labute approximate surface area is 320 Å². The summed E-state index contributed by atoms with van der Waals surface area (Å²) in [6, 6.07) is 54.4. The summed E-state index contributed by atoms with van der Waals surface area (Å²) in [5.74, 6) is 1.55. The van der Waals surface area contributed by atoms with Crippen LogP contribution in [0.15, 0.2) is 158 Å². The zero-order chi connectivity index (χ0) is 37.1. The summed E-state index contributed by atoms with van der Waals surface area (Å²) in [5.41, 5.74) is 12.6. The molecule has 0 radical (unpaired) electrons. The van der Waals surface area contributed by atoms with Crippen LogP contribution in [0, 0.1) is 22.7 Å². The van der Waals surface area contributed by atoms with E-state index in [-0.39, 0.29) is 0 Å². The normalized spacial score (nSPS) is 13.2. The quantitative estimate of drug-likeness (QED) is 0.178. The Kier molecular flexibility index (Phi) is 5.99. The van der Waals surface area contributed by atoms with E-state index in [0.29, 0.717) is 11.1 Å². The average molecular weight is 715 g/mol. The molecule has 5 heterocycles. The van der Waals surface area contributed by atoms with E-state index >= 15 is 0 Å². The van der Waals surface area contributed by atoms with Crippen LogP contribution in [0.2, 0.25) is 0 Å². The highest BCUT2D eigenvalue weighted by atomic mass is 16.5. The van der Waals surface area contributed by atoms with Gasteiger partial charge in [0.05, 0.1) is 62.1 Å². The first-order valence-corrected chi connectivity index (χ1v) is 18.4. The van der Waals surface area contributed by atoms with E-state index in [2.05, 4.69) is 94.1 Å². The number of hydrogen-bond acceptors (Lipinski definition) is 5. The summed E-state index contributed by atoms with van der Waals surface area (Å²) >= 11 is 0. The Balaban J connectivity index is 1.11. The lowest BCUT2D eigenvalue weighted by Crippen LogP contribution is -2.32. The van der Waals surface area contributed by atoms with Crippen LogP contribution in [0.25, 0.3) is 66.4 Å². The molecule has 1 aliphatic carbocycles. The molecular formula is C49H26N6O. The predicted molar refractivity (Wildman–Crippen MR) is 218 cm³/mol. The second-order valence-corrected chi connectivity index (χ2v) is 14.4. The fourth-order valence-electron chi connectivity index (χ4n) is 9.51. The van der Waals surface area contributed by atoms with Gasteiger partial charge in [0.25, 0.3) is 0 Å². The number of fused-ring (bicyclic) bond motifs is 15. The number of ether oxygens (including phenoxy) is 1. The number of nitriles is 2. The molecule has 258 valence electrons. The Hall–Kier alpha value is -8.00. The monoisotopic (exact) mass is 714 g/mol. The van der Waals surface area contributed by atoms with Gasteiger partial charge in [-0.1, -0.05) is 54.6 Å². The Morgan fingerprint density at radius 1 is 0.446 bits per heavy atom. The van der Waals surface area contributed by atoms with E-state index in [1.807, 2.05) is 85.2 Å². The lowest BCUT2D eigenvalue weighted by molar-refractivity contribution is 0.436.